The number of aromatic nitrogens is 1. The van der Waals surface area contributed by atoms with E-state index in [1.54, 1.807) is 25.1 Å². The van der Waals surface area contributed by atoms with Gasteiger partial charge in [0.2, 0.25) is 5.91 Å². The fourth-order valence-corrected chi connectivity index (χ4v) is 2.57. The number of rotatable bonds is 8. The van der Waals surface area contributed by atoms with E-state index in [4.69, 9.17) is 4.52 Å². The zero-order valence-electron chi connectivity index (χ0n) is 14.4. The molecule has 1 aromatic heterocycles. The molecule has 1 aromatic carbocycles. The van der Waals surface area contributed by atoms with Gasteiger partial charge in [-0.1, -0.05) is 17.3 Å². The van der Waals surface area contributed by atoms with Crippen molar-refractivity contribution in [2.24, 2.45) is 0 Å². The summed E-state index contributed by atoms with van der Waals surface area (Å²) in [5.74, 6) is 1.31. The number of phenolic OH excluding ortho intramolecular Hbond substituents is 1. The van der Waals surface area contributed by atoms with Crippen LogP contribution in [-0.4, -0.2) is 28.3 Å². The second kappa shape index (κ2) is 8.49. The van der Waals surface area contributed by atoms with E-state index in [1.807, 2.05) is 19.1 Å². The first kappa shape index (κ1) is 18.0. The van der Waals surface area contributed by atoms with E-state index in [-0.39, 0.29) is 23.7 Å². The van der Waals surface area contributed by atoms with Crippen LogP contribution in [0.1, 0.15) is 38.0 Å². The quantitative estimate of drug-likeness (QED) is 0.692. The molecule has 2 rings (SSSR count). The van der Waals surface area contributed by atoms with Crippen molar-refractivity contribution >= 4 is 11.7 Å². The van der Waals surface area contributed by atoms with Gasteiger partial charge in [0.05, 0.1) is 0 Å². The topological polar surface area (TPSA) is 87.4 Å². The summed E-state index contributed by atoms with van der Waals surface area (Å²) in [6.07, 6.45) is 2.25. The molecule has 6 nitrogen and oxygen atoms in total. The minimum Gasteiger partial charge on any atom is -0.508 e. The normalized spacial score (nSPS) is 13.5. The SMILES string of the molecule is Cc1cc(NC(=O)C[C@H](C)N[C@H](C)CCc2ccc(O)cc2)no1. The minimum atomic E-state index is -0.0889. The van der Waals surface area contributed by atoms with E-state index in [0.29, 0.717) is 18.0 Å². The number of aryl methyl sites for hydroxylation is 2. The largest absolute Gasteiger partial charge is 0.508 e. The van der Waals surface area contributed by atoms with Crippen LogP contribution >= 0.6 is 0 Å². The van der Waals surface area contributed by atoms with Gasteiger partial charge in [-0.25, -0.2) is 0 Å². The molecule has 1 heterocycles. The van der Waals surface area contributed by atoms with Crippen molar-refractivity contribution < 1.29 is 14.4 Å². The van der Waals surface area contributed by atoms with Crippen molar-refractivity contribution in [3.63, 3.8) is 0 Å². The molecule has 0 spiro atoms. The standard InChI is InChI=1S/C18H25N3O3/c1-12(4-5-15-6-8-16(22)9-7-15)19-13(2)10-18(23)20-17-11-14(3)24-21-17/h6-9,11-13,19,22H,4-5,10H2,1-3H3,(H,20,21,23)/t12-,13+/m1/s1. The van der Waals surface area contributed by atoms with E-state index >= 15 is 0 Å². The highest BCUT2D eigenvalue weighted by atomic mass is 16.5. The Bertz CT molecular complexity index is 652. The smallest absolute Gasteiger partial charge is 0.227 e. The first-order valence-electron chi connectivity index (χ1n) is 8.19. The van der Waals surface area contributed by atoms with Crippen LogP contribution in [0.15, 0.2) is 34.9 Å². The fraction of sp³-hybridized carbons (Fsp3) is 0.444. The fourth-order valence-electron chi connectivity index (χ4n) is 2.57. The molecule has 0 saturated carbocycles. The number of hydrogen-bond donors (Lipinski definition) is 3. The van der Waals surface area contributed by atoms with Gasteiger partial charge in [-0.05, 0) is 51.3 Å². The second-order valence-corrected chi connectivity index (χ2v) is 6.25. The number of nitrogens with zero attached hydrogens (tertiary/aromatic N) is 1. The van der Waals surface area contributed by atoms with Crippen LogP contribution in [-0.2, 0) is 11.2 Å². The number of carbonyl (C=O) groups is 1. The molecule has 0 aliphatic carbocycles. The first-order valence-corrected chi connectivity index (χ1v) is 8.19. The average molecular weight is 331 g/mol. The third kappa shape index (κ3) is 6.04. The summed E-state index contributed by atoms with van der Waals surface area (Å²) in [4.78, 5) is 12.0. The predicted molar refractivity (Wildman–Crippen MR) is 93.0 cm³/mol. The number of hydrogen-bond acceptors (Lipinski definition) is 5. The summed E-state index contributed by atoms with van der Waals surface area (Å²) in [5.41, 5.74) is 1.19. The Morgan fingerprint density at radius 3 is 2.58 bits per heavy atom. The maximum atomic E-state index is 12.0. The van der Waals surface area contributed by atoms with Crippen LogP contribution < -0.4 is 10.6 Å². The zero-order valence-corrected chi connectivity index (χ0v) is 14.4. The Kier molecular flexibility index (Phi) is 6.37. The lowest BCUT2D eigenvalue weighted by atomic mass is 10.0. The van der Waals surface area contributed by atoms with E-state index in [1.165, 1.54) is 5.56 Å². The molecule has 0 aliphatic heterocycles. The number of phenols is 1. The van der Waals surface area contributed by atoms with Crippen LogP contribution in [0.4, 0.5) is 5.82 Å². The summed E-state index contributed by atoms with van der Waals surface area (Å²) < 4.78 is 4.92. The van der Waals surface area contributed by atoms with Crippen molar-refractivity contribution in [2.45, 2.75) is 52.1 Å². The molecule has 0 aliphatic rings. The van der Waals surface area contributed by atoms with E-state index in [0.717, 1.165) is 12.8 Å². The molecule has 0 unspecified atom stereocenters. The highest BCUT2D eigenvalue weighted by Crippen LogP contribution is 2.12. The number of benzene rings is 1. The lowest BCUT2D eigenvalue weighted by Gasteiger charge is -2.19. The average Bonchev–Trinajstić information content (AvgIpc) is 2.91. The minimum absolute atomic E-state index is 0.0628. The van der Waals surface area contributed by atoms with Gasteiger partial charge < -0.3 is 20.3 Å². The highest BCUT2D eigenvalue weighted by molar-refractivity contribution is 5.90. The lowest BCUT2D eigenvalue weighted by Crippen LogP contribution is -2.37. The van der Waals surface area contributed by atoms with Gasteiger partial charge in [-0.2, -0.15) is 0 Å². The van der Waals surface area contributed by atoms with E-state index in [9.17, 15) is 9.90 Å². The molecule has 130 valence electrons. The van der Waals surface area contributed by atoms with Crippen molar-refractivity contribution in [1.29, 1.82) is 0 Å². The van der Waals surface area contributed by atoms with Gasteiger partial charge >= 0.3 is 0 Å². The molecule has 0 saturated heterocycles. The van der Waals surface area contributed by atoms with Gasteiger partial charge in [0.1, 0.15) is 11.5 Å². The van der Waals surface area contributed by atoms with E-state index in [2.05, 4.69) is 22.7 Å². The molecule has 0 bridgehead atoms. The maximum Gasteiger partial charge on any atom is 0.227 e. The van der Waals surface area contributed by atoms with Crippen molar-refractivity contribution in [2.75, 3.05) is 5.32 Å². The third-order valence-corrected chi connectivity index (χ3v) is 3.76. The van der Waals surface area contributed by atoms with Crippen LogP contribution in [0.3, 0.4) is 0 Å². The van der Waals surface area contributed by atoms with Crippen molar-refractivity contribution in [3.8, 4) is 5.75 Å². The number of carbonyl (C=O) groups excluding carboxylic acids is 1. The van der Waals surface area contributed by atoms with Crippen LogP contribution in [0.25, 0.3) is 0 Å². The monoisotopic (exact) mass is 331 g/mol. The Hall–Kier alpha value is -2.34. The van der Waals surface area contributed by atoms with Crippen LogP contribution in [0.2, 0.25) is 0 Å². The van der Waals surface area contributed by atoms with Gasteiger partial charge in [0.15, 0.2) is 5.82 Å². The van der Waals surface area contributed by atoms with Crippen molar-refractivity contribution in [1.82, 2.24) is 10.5 Å². The molecule has 24 heavy (non-hydrogen) atoms. The highest BCUT2D eigenvalue weighted by Gasteiger charge is 2.13. The molecule has 0 radical (unpaired) electrons. The zero-order chi connectivity index (χ0) is 17.5. The molecular weight excluding hydrogens is 306 g/mol. The summed E-state index contributed by atoms with van der Waals surface area (Å²) in [6, 6.07) is 9.30. The van der Waals surface area contributed by atoms with Crippen molar-refractivity contribution in [3.05, 3.63) is 41.7 Å². The second-order valence-electron chi connectivity index (χ2n) is 6.25. The summed E-state index contributed by atoms with van der Waals surface area (Å²) in [5, 5.41) is 19.2. The molecular formula is C18H25N3O3. The molecule has 0 fully saturated rings. The van der Waals surface area contributed by atoms with Gasteiger partial charge in [0.25, 0.3) is 0 Å². The number of amides is 1. The Labute approximate surface area is 142 Å². The van der Waals surface area contributed by atoms with E-state index < -0.39 is 0 Å². The molecule has 2 atom stereocenters. The Morgan fingerprint density at radius 1 is 1.25 bits per heavy atom. The van der Waals surface area contributed by atoms with Crippen LogP contribution in [0.5, 0.6) is 5.75 Å². The number of anilines is 1. The number of aromatic hydroxyl groups is 1. The lowest BCUT2D eigenvalue weighted by molar-refractivity contribution is -0.116. The van der Waals surface area contributed by atoms with Gasteiger partial charge in [-0.15, -0.1) is 0 Å². The molecule has 6 heteroatoms. The first-order chi connectivity index (χ1) is 11.4. The number of nitrogens with one attached hydrogen (secondary N) is 2. The Morgan fingerprint density at radius 2 is 1.96 bits per heavy atom. The molecule has 1 amide bonds. The summed E-state index contributed by atoms with van der Waals surface area (Å²) in [6.45, 7) is 5.88. The molecule has 2 aromatic rings. The Balaban J connectivity index is 1.69. The van der Waals surface area contributed by atoms with Crippen LogP contribution in [0, 0.1) is 6.92 Å². The third-order valence-electron chi connectivity index (χ3n) is 3.76. The summed E-state index contributed by atoms with van der Waals surface area (Å²) >= 11 is 0. The van der Waals surface area contributed by atoms with Gasteiger partial charge in [-0.3, -0.25) is 4.79 Å². The molecule has 3 N–H and O–H groups in total. The summed E-state index contributed by atoms with van der Waals surface area (Å²) in [7, 11) is 0. The maximum absolute atomic E-state index is 12.0. The van der Waals surface area contributed by atoms with Gasteiger partial charge in [0, 0.05) is 24.6 Å². The predicted octanol–water partition coefficient (Wildman–Crippen LogP) is 3.02.